The summed E-state index contributed by atoms with van der Waals surface area (Å²) in [6.07, 6.45) is 0.502. The van der Waals surface area contributed by atoms with Gasteiger partial charge < -0.3 is 14.0 Å². The van der Waals surface area contributed by atoms with Gasteiger partial charge in [0.1, 0.15) is 0 Å². The van der Waals surface area contributed by atoms with Crippen LogP contribution >= 0.6 is 0 Å². The first-order valence-corrected chi connectivity index (χ1v) is 26.9. The number of rotatable bonds is 7. The van der Waals surface area contributed by atoms with Crippen LogP contribution in [0.1, 0.15) is 79.7 Å². The van der Waals surface area contributed by atoms with Crippen molar-refractivity contribution in [2.45, 2.75) is 83.9 Å². The maximum atomic E-state index is 8.76. The predicted octanol–water partition coefficient (Wildman–Crippen LogP) is 13.3. The second kappa shape index (κ2) is 17.2. The summed E-state index contributed by atoms with van der Waals surface area (Å²) in [5.41, 5.74) is 8.55. The van der Waals surface area contributed by atoms with Crippen LogP contribution in [0.3, 0.4) is 0 Å². The normalized spacial score (nSPS) is 13.0. The average Bonchev–Trinajstić information content (AvgIpc) is 3.58. The second-order valence-electron chi connectivity index (χ2n) is 17.1. The van der Waals surface area contributed by atoms with Gasteiger partial charge in [-0.1, -0.05) is 81.8 Å². The van der Waals surface area contributed by atoms with Crippen LogP contribution in [0.4, 0.5) is 0 Å². The first kappa shape index (κ1) is 39.3. The largest absolute Gasteiger partial charge is 0 e. The number of imidazole rings is 1. The Morgan fingerprint density at radius 3 is 2.04 bits per heavy atom. The number of ether oxygens (including phenoxy) is 2. The molecule has 295 valence electrons. The van der Waals surface area contributed by atoms with Crippen LogP contribution in [-0.2, 0) is 26.5 Å². The zero-order valence-electron chi connectivity index (χ0n) is 36.6. The van der Waals surface area contributed by atoms with E-state index in [0.717, 1.165) is 43.6 Å². The van der Waals surface area contributed by atoms with Crippen LogP contribution in [0, 0.1) is 17.5 Å². The van der Waals surface area contributed by atoms with Crippen molar-refractivity contribution in [1.82, 2.24) is 14.5 Å². The van der Waals surface area contributed by atoms with Crippen molar-refractivity contribution in [2.24, 2.45) is 5.41 Å². The van der Waals surface area contributed by atoms with Crippen molar-refractivity contribution in [1.29, 1.82) is 0 Å². The van der Waals surface area contributed by atoms with Gasteiger partial charge in [0.2, 0.25) is 0 Å². The Bertz CT molecular complexity index is 2560. The van der Waals surface area contributed by atoms with Crippen molar-refractivity contribution in [3.8, 4) is 51.3 Å². The Kier molecular flexibility index (Phi) is 11.8. The van der Waals surface area contributed by atoms with Gasteiger partial charge >= 0.3 is 135 Å². The van der Waals surface area contributed by atoms with Crippen LogP contribution in [0.5, 0.6) is 23.0 Å². The molecule has 0 atom stereocenters. The topological polar surface area (TPSA) is 49.2 Å². The number of pyridine rings is 1. The molecule has 0 amide bonds. The van der Waals surface area contributed by atoms with Crippen LogP contribution in [0.25, 0.3) is 39.4 Å². The van der Waals surface area contributed by atoms with Gasteiger partial charge in [0, 0.05) is 25.8 Å². The number of hydrogen-bond acceptors (Lipinski definition) is 4. The van der Waals surface area contributed by atoms with Crippen LogP contribution in [0.15, 0.2) is 115 Å². The molecule has 5 aromatic carbocycles. The van der Waals surface area contributed by atoms with Gasteiger partial charge in [-0.15, -0.1) is 12.1 Å². The van der Waals surface area contributed by atoms with E-state index in [1.165, 1.54) is 16.8 Å². The van der Waals surface area contributed by atoms with Crippen LogP contribution < -0.4 is 13.9 Å². The predicted molar refractivity (Wildman–Crippen MR) is 235 cm³/mol. The molecule has 1 aliphatic rings. The van der Waals surface area contributed by atoms with Crippen LogP contribution in [-0.4, -0.2) is 27.8 Å². The van der Waals surface area contributed by atoms with Gasteiger partial charge in [0.15, 0.2) is 11.5 Å². The minimum Gasteiger partial charge on any atom is 0 e. The SMILES string of the molecule is CC(C)c1cccc(C(C)C)c1-n1c(-c2[c-]ccc3c2Oc2ccccc2O3)nc2ccccc21.[2H]C([2H])(c1cc(-c2[c-]cccc2)nc[c]1[Ge]([CH3])([CH3])[CH3])C(C)(C)C.[Ir]. The van der Waals surface area contributed by atoms with Gasteiger partial charge in [-0.2, -0.15) is 0 Å². The van der Waals surface area contributed by atoms with Gasteiger partial charge in [-0.05, 0) is 47.2 Å². The molecule has 0 spiro atoms. The van der Waals surface area contributed by atoms with Crippen molar-refractivity contribution in [3.63, 3.8) is 0 Å². The summed E-state index contributed by atoms with van der Waals surface area (Å²) in [6.45, 7) is 14.8. The van der Waals surface area contributed by atoms with Crippen molar-refractivity contribution < 1.29 is 32.3 Å². The fourth-order valence-corrected chi connectivity index (χ4v) is 10.0. The Morgan fingerprint density at radius 2 is 1.40 bits per heavy atom. The van der Waals surface area contributed by atoms with Gasteiger partial charge in [0.25, 0.3) is 0 Å². The van der Waals surface area contributed by atoms with Crippen molar-refractivity contribution in [2.75, 3.05) is 0 Å². The van der Waals surface area contributed by atoms with E-state index >= 15 is 0 Å². The molecule has 0 saturated heterocycles. The Balaban J connectivity index is 0.000000213. The summed E-state index contributed by atoms with van der Waals surface area (Å²) in [6, 6.07) is 42.7. The number of hydrogen-bond donors (Lipinski definition) is 0. The monoisotopic (exact) mass is 996 g/mol. The smallest absolute Gasteiger partial charge is 0 e. The summed E-state index contributed by atoms with van der Waals surface area (Å²) >= 11 is -2.24. The molecule has 1 aliphatic heterocycles. The molecule has 2 aromatic heterocycles. The molecular formula is C50H53GeIrN3O2-2. The molecule has 7 aromatic rings. The molecule has 0 aliphatic carbocycles. The minimum absolute atomic E-state index is 0. The molecule has 0 N–H and O–H groups in total. The number of para-hydroxylation sites is 5. The first-order valence-electron chi connectivity index (χ1n) is 20.6. The summed E-state index contributed by atoms with van der Waals surface area (Å²) in [7, 11) is 0. The standard InChI is InChI=1S/C31H27N2O2.C19H26GeN.Ir/c1-19(2)21-11-9-12-22(20(3)4)29(21)33-25-15-6-5-14-24(25)32-31(33)23-13-10-18-28-30(23)35-27-17-8-7-16-26(27)34-28;1-19(2,3)13-16-12-18(15-10-8-7-9-11-15)21-14-17(16)20(4,5)6;/h5-12,14-20H,1-4H3;7-10,12,14H,13H2,1-6H3;/q2*-1;/i;13D2;. The molecule has 3 heterocycles. The molecule has 1 radical (unpaired) electrons. The van der Waals surface area contributed by atoms with E-state index in [2.05, 4.69) is 103 Å². The molecule has 7 heteroatoms. The Hall–Kier alpha value is -4.49. The third-order valence-electron chi connectivity index (χ3n) is 9.75. The van der Waals surface area contributed by atoms with E-state index in [-0.39, 0.29) is 20.1 Å². The van der Waals surface area contributed by atoms with E-state index in [0.29, 0.717) is 34.8 Å². The Morgan fingerprint density at radius 1 is 0.754 bits per heavy atom. The van der Waals surface area contributed by atoms with Gasteiger partial charge in [-0.25, -0.2) is 0 Å². The molecule has 0 unspecified atom stereocenters. The third-order valence-corrected chi connectivity index (χ3v) is 14.0. The summed E-state index contributed by atoms with van der Waals surface area (Å²) in [5, 5.41) is 0. The molecule has 0 saturated carbocycles. The maximum Gasteiger partial charge on any atom is 0 e. The van der Waals surface area contributed by atoms with E-state index in [1.807, 2.05) is 99.8 Å². The van der Waals surface area contributed by atoms with E-state index in [1.54, 1.807) is 0 Å². The zero-order valence-corrected chi connectivity index (χ0v) is 39.1. The van der Waals surface area contributed by atoms with Crippen LogP contribution in [0.2, 0.25) is 17.3 Å². The van der Waals surface area contributed by atoms with Crippen molar-refractivity contribution in [3.05, 3.63) is 144 Å². The minimum atomic E-state index is -2.24. The average molecular weight is 995 g/mol. The Labute approximate surface area is 358 Å². The molecule has 5 nitrogen and oxygen atoms in total. The number of benzene rings is 5. The maximum absolute atomic E-state index is 8.76. The second-order valence-corrected chi connectivity index (χ2v) is 27.6. The van der Waals surface area contributed by atoms with Gasteiger partial charge in [-0.3, -0.25) is 4.98 Å². The quantitative estimate of drug-likeness (QED) is 0.118. The summed E-state index contributed by atoms with van der Waals surface area (Å²) in [4.78, 5) is 9.74. The summed E-state index contributed by atoms with van der Waals surface area (Å²) < 4.78 is 33.5. The fraction of sp³-hybridized carbons (Fsp3) is 0.280. The number of aromatic nitrogens is 3. The first-order chi connectivity index (χ1) is 27.5. The molecule has 8 rings (SSSR count). The zero-order chi connectivity index (χ0) is 41.6. The summed E-state index contributed by atoms with van der Waals surface area (Å²) in [5.74, 6) is 11.0. The molecule has 0 bridgehead atoms. The third kappa shape index (κ3) is 9.14. The van der Waals surface area contributed by atoms with Crippen molar-refractivity contribution >= 4 is 28.7 Å². The number of nitrogens with zero attached hydrogens (tertiary/aromatic N) is 3. The number of fused-ring (bicyclic) bond motifs is 3. The molecule has 0 fully saturated rings. The van der Waals surface area contributed by atoms with E-state index in [4.69, 9.17) is 17.2 Å². The van der Waals surface area contributed by atoms with E-state index in [9.17, 15) is 0 Å². The molecule has 57 heavy (non-hydrogen) atoms. The fourth-order valence-electron chi connectivity index (χ4n) is 7.11. The molecular weight excluding hydrogens is 939 g/mol. The van der Waals surface area contributed by atoms with Gasteiger partial charge in [0.05, 0.1) is 28.4 Å². The van der Waals surface area contributed by atoms with E-state index < -0.39 is 25.1 Å².